The van der Waals surface area contributed by atoms with Gasteiger partial charge in [0.1, 0.15) is 5.75 Å². The van der Waals surface area contributed by atoms with Gasteiger partial charge < -0.3 is 10.1 Å². The summed E-state index contributed by atoms with van der Waals surface area (Å²) in [7, 11) is -2.34. The van der Waals surface area contributed by atoms with Crippen LogP contribution in [0.1, 0.15) is 10.4 Å². The van der Waals surface area contributed by atoms with Gasteiger partial charge in [0.25, 0.3) is 11.6 Å². The van der Waals surface area contributed by atoms with Crippen molar-refractivity contribution in [1.82, 2.24) is 0 Å². The summed E-state index contributed by atoms with van der Waals surface area (Å²) in [6, 6.07) is 16.9. The van der Waals surface area contributed by atoms with Crippen molar-refractivity contribution >= 4 is 27.1 Å². The molecule has 0 saturated carbocycles. The number of nitro groups is 1. The van der Waals surface area contributed by atoms with Crippen LogP contribution in [-0.2, 0) is 9.84 Å². The Hall–Kier alpha value is -3.72. The van der Waals surface area contributed by atoms with E-state index in [9.17, 15) is 23.3 Å². The van der Waals surface area contributed by atoms with Gasteiger partial charge in [0, 0.05) is 23.4 Å². The summed E-state index contributed by atoms with van der Waals surface area (Å²) < 4.78 is 30.4. The van der Waals surface area contributed by atoms with Crippen molar-refractivity contribution in [3.05, 3.63) is 88.5 Å². The van der Waals surface area contributed by atoms with Crippen molar-refractivity contribution in [2.75, 3.05) is 12.4 Å². The van der Waals surface area contributed by atoms with Gasteiger partial charge in [0.15, 0.2) is 0 Å². The Balaban J connectivity index is 1.78. The highest BCUT2D eigenvalue weighted by molar-refractivity contribution is 7.91. The zero-order valence-electron chi connectivity index (χ0n) is 15.2. The zero-order chi connectivity index (χ0) is 21.0. The summed E-state index contributed by atoms with van der Waals surface area (Å²) in [6.07, 6.45) is 0. The lowest BCUT2D eigenvalue weighted by Crippen LogP contribution is -2.12. The lowest BCUT2D eigenvalue weighted by Gasteiger charge is -2.08. The number of methoxy groups -OCH3 is 1. The molecule has 0 radical (unpaired) electrons. The second-order valence-electron chi connectivity index (χ2n) is 5.96. The third-order valence-electron chi connectivity index (χ3n) is 4.11. The molecule has 0 aliphatic rings. The predicted octanol–water partition coefficient (Wildman–Crippen LogP) is 3.69. The summed E-state index contributed by atoms with van der Waals surface area (Å²) in [5.74, 6) is 0.178. The van der Waals surface area contributed by atoms with Crippen LogP contribution in [-0.4, -0.2) is 26.4 Å². The van der Waals surface area contributed by atoms with Crippen LogP contribution in [0.25, 0.3) is 0 Å². The number of non-ortho nitro benzene ring substituents is 1. The van der Waals surface area contributed by atoms with Gasteiger partial charge in [-0.2, -0.15) is 0 Å². The minimum Gasteiger partial charge on any atom is -0.497 e. The number of nitro benzene ring substituents is 1. The molecule has 1 amide bonds. The van der Waals surface area contributed by atoms with Gasteiger partial charge in [-0.05, 0) is 54.6 Å². The first-order valence-electron chi connectivity index (χ1n) is 8.36. The summed E-state index contributed by atoms with van der Waals surface area (Å²) >= 11 is 0. The van der Waals surface area contributed by atoms with E-state index in [0.717, 1.165) is 12.1 Å². The van der Waals surface area contributed by atoms with E-state index in [1.54, 1.807) is 24.3 Å². The lowest BCUT2D eigenvalue weighted by atomic mass is 10.2. The number of benzene rings is 3. The monoisotopic (exact) mass is 412 g/mol. The fourth-order valence-electron chi connectivity index (χ4n) is 2.57. The van der Waals surface area contributed by atoms with Crippen molar-refractivity contribution in [3.8, 4) is 5.75 Å². The minimum atomic E-state index is -3.84. The van der Waals surface area contributed by atoms with Gasteiger partial charge in [-0.25, -0.2) is 8.42 Å². The number of nitrogens with zero attached hydrogens (tertiary/aromatic N) is 1. The van der Waals surface area contributed by atoms with Gasteiger partial charge in [0.2, 0.25) is 9.84 Å². The maximum atomic E-state index is 12.7. The molecule has 0 aliphatic carbocycles. The summed E-state index contributed by atoms with van der Waals surface area (Å²) in [5.41, 5.74) is 0.618. The second kappa shape index (κ2) is 8.11. The van der Waals surface area contributed by atoms with Gasteiger partial charge in [-0.1, -0.05) is 6.07 Å². The molecule has 29 heavy (non-hydrogen) atoms. The maximum absolute atomic E-state index is 12.7. The van der Waals surface area contributed by atoms with Gasteiger partial charge in [-0.3, -0.25) is 14.9 Å². The number of ether oxygens (including phenoxy) is 1. The van der Waals surface area contributed by atoms with Crippen LogP contribution in [0, 0.1) is 10.1 Å². The summed E-state index contributed by atoms with van der Waals surface area (Å²) in [6.45, 7) is 0. The lowest BCUT2D eigenvalue weighted by molar-refractivity contribution is -0.384. The molecular formula is C20H16N2O6S. The Morgan fingerprint density at radius 1 is 0.966 bits per heavy atom. The van der Waals surface area contributed by atoms with Gasteiger partial charge in [0.05, 0.1) is 21.8 Å². The molecule has 3 rings (SSSR count). The molecule has 0 atom stereocenters. The quantitative estimate of drug-likeness (QED) is 0.488. The smallest absolute Gasteiger partial charge is 0.269 e. The Labute approximate surface area is 166 Å². The highest BCUT2D eigenvalue weighted by Crippen LogP contribution is 2.24. The normalized spacial score (nSPS) is 10.9. The van der Waals surface area contributed by atoms with E-state index < -0.39 is 14.8 Å². The number of carbonyl (C=O) groups is 1. The Bertz CT molecular complexity index is 1160. The van der Waals surface area contributed by atoms with Crippen LogP contribution in [0.15, 0.2) is 82.6 Å². The number of carbonyl (C=O) groups excluding carboxylic acids is 1. The number of sulfone groups is 1. The molecule has 0 spiro atoms. The predicted molar refractivity (Wildman–Crippen MR) is 106 cm³/mol. The molecule has 8 nitrogen and oxygen atoms in total. The van der Waals surface area contributed by atoms with E-state index in [0.29, 0.717) is 17.0 Å². The molecule has 0 unspecified atom stereocenters. The SMILES string of the molecule is COc1cccc(C(=O)Nc2ccc(S(=O)(=O)c3ccc([N+](=O)[O-])cc3)cc2)c1. The van der Waals surface area contributed by atoms with E-state index in [-0.39, 0.29) is 21.4 Å². The number of hydrogen-bond acceptors (Lipinski definition) is 6. The number of anilines is 1. The Morgan fingerprint density at radius 2 is 1.55 bits per heavy atom. The van der Waals surface area contributed by atoms with Crippen LogP contribution in [0.3, 0.4) is 0 Å². The van der Waals surface area contributed by atoms with E-state index in [1.807, 2.05) is 0 Å². The number of rotatable bonds is 6. The van der Waals surface area contributed by atoms with E-state index >= 15 is 0 Å². The van der Waals surface area contributed by atoms with Crippen molar-refractivity contribution in [2.24, 2.45) is 0 Å². The zero-order valence-corrected chi connectivity index (χ0v) is 16.0. The number of hydrogen-bond donors (Lipinski definition) is 1. The first-order chi connectivity index (χ1) is 13.8. The van der Waals surface area contributed by atoms with Crippen LogP contribution in [0.5, 0.6) is 5.75 Å². The van der Waals surface area contributed by atoms with Crippen molar-refractivity contribution in [1.29, 1.82) is 0 Å². The molecule has 9 heteroatoms. The van der Waals surface area contributed by atoms with E-state index in [2.05, 4.69) is 5.32 Å². The third-order valence-corrected chi connectivity index (χ3v) is 5.90. The van der Waals surface area contributed by atoms with Crippen molar-refractivity contribution < 1.29 is 22.9 Å². The second-order valence-corrected chi connectivity index (χ2v) is 7.91. The topological polar surface area (TPSA) is 116 Å². The third kappa shape index (κ3) is 4.41. The average Bonchev–Trinajstić information content (AvgIpc) is 2.74. The molecule has 0 fully saturated rings. The highest BCUT2D eigenvalue weighted by atomic mass is 32.2. The van der Waals surface area contributed by atoms with E-state index in [4.69, 9.17) is 4.74 Å². The van der Waals surface area contributed by atoms with E-state index in [1.165, 1.54) is 43.5 Å². The molecule has 148 valence electrons. The molecular weight excluding hydrogens is 396 g/mol. The largest absolute Gasteiger partial charge is 0.497 e. The Morgan fingerprint density at radius 3 is 2.10 bits per heavy atom. The van der Waals surface area contributed by atoms with Crippen LogP contribution in [0.2, 0.25) is 0 Å². The van der Waals surface area contributed by atoms with Crippen molar-refractivity contribution in [2.45, 2.75) is 9.79 Å². The molecule has 1 N–H and O–H groups in total. The standard InChI is InChI=1S/C20H16N2O6S/c1-28-17-4-2-3-14(13-17)20(23)21-15-5-9-18(10-6-15)29(26,27)19-11-7-16(8-12-19)22(24)25/h2-13H,1H3,(H,21,23). The molecule has 0 saturated heterocycles. The first-order valence-corrected chi connectivity index (χ1v) is 9.84. The number of nitrogens with one attached hydrogen (secondary N) is 1. The molecule has 0 heterocycles. The minimum absolute atomic E-state index is 0.00531. The fourth-order valence-corrected chi connectivity index (χ4v) is 3.83. The van der Waals surface area contributed by atoms with Crippen molar-refractivity contribution in [3.63, 3.8) is 0 Å². The molecule has 0 bridgehead atoms. The van der Waals surface area contributed by atoms with Gasteiger partial charge in [-0.15, -0.1) is 0 Å². The van der Waals surface area contributed by atoms with Crippen LogP contribution in [0.4, 0.5) is 11.4 Å². The first kappa shape index (κ1) is 20.0. The molecule has 0 aromatic heterocycles. The Kier molecular flexibility index (Phi) is 5.60. The fraction of sp³-hybridized carbons (Fsp3) is 0.0500. The molecule has 3 aromatic rings. The highest BCUT2D eigenvalue weighted by Gasteiger charge is 2.19. The number of amides is 1. The summed E-state index contributed by atoms with van der Waals surface area (Å²) in [4.78, 5) is 22.4. The van der Waals surface area contributed by atoms with Crippen LogP contribution < -0.4 is 10.1 Å². The average molecular weight is 412 g/mol. The molecule has 3 aromatic carbocycles. The van der Waals surface area contributed by atoms with Crippen LogP contribution >= 0.6 is 0 Å². The van der Waals surface area contributed by atoms with Gasteiger partial charge >= 0.3 is 0 Å². The molecule has 0 aliphatic heterocycles. The maximum Gasteiger partial charge on any atom is 0.269 e. The summed E-state index contributed by atoms with van der Waals surface area (Å²) in [5, 5.41) is 13.4.